The van der Waals surface area contributed by atoms with Crippen molar-refractivity contribution in [2.24, 2.45) is 11.1 Å². The molecule has 102 valence electrons. The molecule has 0 radical (unpaired) electrons. The number of rotatable bonds is 6. The van der Waals surface area contributed by atoms with Gasteiger partial charge in [-0.15, -0.1) is 11.3 Å². The summed E-state index contributed by atoms with van der Waals surface area (Å²) in [6, 6.07) is 4.15. The molecular formula is C14H23NO2S. The summed E-state index contributed by atoms with van der Waals surface area (Å²) in [7, 11) is 0. The maximum Gasteiger partial charge on any atom is 0.306 e. The highest BCUT2D eigenvalue weighted by Gasteiger charge is 2.26. The van der Waals surface area contributed by atoms with E-state index >= 15 is 0 Å². The van der Waals surface area contributed by atoms with E-state index in [1.165, 1.54) is 9.75 Å². The van der Waals surface area contributed by atoms with Gasteiger partial charge in [0, 0.05) is 15.8 Å². The van der Waals surface area contributed by atoms with Gasteiger partial charge in [0.15, 0.2) is 0 Å². The van der Waals surface area contributed by atoms with Gasteiger partial charge < -0.3 is 10.5 Å². The van der Waals surface area contributed by atoms with Crippen molar-refractivity contribution in [3.05, 3.63) is 21.9 Å². The van der Waals surface area contributed by atoms with Crippen LogP contribution in [0.25, 0.3) is 0 Å². The van der Waals surface area contributed by atoms with Crippen LogP contribution in [0.4, 0.5) is 0 Å². The molecule has 0 aliphatic heterocycles. The zero-order valence-corrected chi connectivity index (χ0v) is 12.5. The number of carbonyl (C=O) groups is 1. The number of hydrogen-bond donors (Lipinski definition) is 1. The lowest BCUT2D eigenvalue weighted by molar-refractivity contribution is -0.145. The van der Waals surface area contributed by atoms with Crippen molar-refractivity contribution in [3.63, 3.8) is 0 Å². The fourth-order valence-electron chi connectivity index (χ4n) is 2.02. The molecule has 0 aromatic carbocycles. The predicted molar refractivity (Wildman–Crippen MR) is 75.6 cm³/mol. The Kier molecular flexibility index (Phi) is 5.35. The van der Waals surface area contributed by atoms with Crippen LogP contribution < -0.4 is 5.73 Å². The number of thiophene rings is 1. The fourth-order valence-corrected chi connectivity index (χ4v) is 2.90. The highest BCUT2D eigenvalue weighted by Crippen LogP contribution is 2.34. The quantitative estimate of drug-likeness (QED) is 0.805. The Hall–Kier alpha value is -0.870. The van der Waals surface area contributed by atoms with Crippen molar-refractivity contribution >= 4 is 17.3 Å². The minimum atomic E-state index is -0.142. The Labute approximate surface area is 113 Å². The summed E-state index contributed by atoms with van der Waals surface area (Å²) >= 11 is 1.72. The SMILES string of the molecule is CCOC(=O)CC(C)(C)CC(N)c1ccc(C)s1. The van der Waals surface area contributed by atoms with Crippen molar-refractivity contribution in [2.75, 3.05) is 6.61 Å². The summed E-state index contributed by atoms with van der Waals surface area (Å²) in [6.45, 7) is 8.45. The lowest BCUT2D eigenvalue weighted by atomic mass is 9.82. The number of esters is 1. The maximum atomic E-state index is 11.5. The molecule has 18 heavy (non-hydrogen) atoms. The summed E-state index contributed by atoms with van der Waals surface area (Å²) in [4.78, 5) is 14.0. The average Bonchev–Trinajstić information content (AvgIpc) is 2.63. The van der Waals surface area contributed by atoms with E-state index in [9.17, 15) is 4.79 Å². The van der Waals surface area contributed by atoms with Gasteiger partial charge in [0.25, 0.3) is 0 Å². The Morgan fingerprint density at radius 2 is 2.17 bits per heavy atom. The lowest BCUT2D eigenvalue weighted by Crippen LogP contribution is -2.24. The first-order valence-corrected chi connectivity index (χ1v) is 7.13. The summed E-state index contributed by atoms with van der Waals surface area (Å²) in [6.07, 6.45) is 1.20. The van der Waals surface area contributed by atoms with Gasteiger partial charge in [-0.2, -0.15) is 0 Å². The molecule has 3 nitrogen and oxygen atoms in total. The Morgan fingerprint density at radius 1 is 1.50 bits per heavy atom. The number of carbonyl (C=O) groups excluding carboxylic acids is 1. The van der Waals surface area contributed by atoms with E-state index in [0.717, 1.165) is 6.42 Å². The van der Waals surface area contributed by atoms with Crippen molar-refractivity contribution in [2.45, 2.75) is 46.6 Å². The van der Waals surface area contributed by atoms with E-state index in [1.54, 1.807) is 11.3 Å². The van der Waals surface area contributed by atoms with Gasteiger partial charge in [0.2, 0.25) is 0 Å². The van der Waals surface area contributed by atoms with Crippen LogP contribution in [-0.2, 0) is 9.53 Å². The first kappa shape index (κ1) is 15.2. The highest BCUT2D eigenvalue weighted by molar-refractivity contribution is 7.12. The molecule has 0 spiro atoms. The van der Waals surface area contributed by atoms with Crippen LogP contribution in [0.1, 0.15) is 49.4 Å². The minimum Gasteiger partial charge on any atom is -0.466 e. The second kappa shape index (κ2) is 6.34. The van der Waals surface area contributed by atoms with Crippen molar-refractivity contribution in [3.8, 4) is 0 Å². The molecule has 1 aromatic rings. The van der Waals surface area contributed by atoms with Gasteiger partial charge in [-0.05, 0) is 37.8 Å². The second-order valence-corrected chi connectivity index (χ2v) is 6.72. The van der Waals surface area contributed by atoms with Gasteiger partial charge in [0.1, 0.15) is 0 Å². The third-order valence-corrected chi connectivity index (χ3v) is 3.96. The monoisotopic (exact) mass is 269 g/mol. The molecule has 0 saturated carbocycles. The van der Waals surface area contributed by atoms with Crippen molar-refractivity contribution in [1.82, 2.24) is 0 Å². The van der Waals surface area contributed by atoms with Crippen LogP contribution in [0.3, 0.4) is 0 Å². The van der Waals surface area contributed by atoms with E-state index in [2.05, 4.69) is 32.9 Å². The molecule has 1 rings (SSSR count). The maximum absolute atomic E-state index is 11.5. The summed E-state index contributed by atoms with van der Waals surface area (Å²) in [5, 5.41) is 0. The Balaban J connectivity index is 2.56. The van der Waals surface area contributed by atoms with Crippen LogP contribution in [0.5, 0.6) is 0 Å². The van der Waals surface area contributed by atoms with Crippen LogP contribution in [-0.4, -0.2) is 12.6 Å². The number of nitrogens with two attached hydrogens (primary N) is 1. The average molecular weight is 269 g/mol. The van der Waals surface area contributed by atoms with E-state index < -0.39 is 0 Å². The number of aryl methyl sites for hydroxylation is 1. The largest absolute Gasteiger partial charge is 0.466 e. The predicted octanol–water partition coefficient (Wildman–Crippen LogP) is 3.43. The van der Waals surface area contributed by atoms with Crippen LogP contribution in [0.2, 0.25) is 0 Å². The van der Waals surface area contributed by atoms with Crippen LogP contribution in [0.15, 0.2) is 12.1 Å². The van der Waals surface area contributed by atoms with E-state index in [-0.39, 0.29) is 17.4 Å². The first-order chi connectivity index (χ1) is 8.34. The van der Waals surface area contributed by atoms with Crippen molar-refractivity contribution < 1.29 is 9.53 Å². The van der Waals surface area contributed by atoms with Gasteiger partial charge in [0.05, 0.1) is 13.0 Å². The highest BCUT2D eigenvalue weighted by atomic mass is 32.1. The molecular weight excluding hydrogens is 246 g/mol. The number of ether oxygens (including phenoxy) is 1. The summed E-state index contributed by atoms with van der Waals surface area (Å²) in [5.41, 5.74) is 6.07. The zero-order chi connectivity index (χ0) is 13.8. The van der Waals surface area contributed by atoms with Gasteiger partial charge in [-0.1, -0.05) is 13.8 Å². The molecule has 1 atom stereocenters. The molecule has 0 aliphatic carbocycles. The number of hydrogen-bond acceptors (Lipinski definition) is 4. The minimum absolute atomic E-state index is 0.00636. The molecule has 1 unspecified atom stereocenters. The van der Waals surface area contributed by atoms with E-state index in [0.29, 0.717) is 13.0 Å². The summed E-state index contributed by atoms with van der Waals surface area (Å²) in [5.74, 6) is -0.142. The van der Waals surface area contributed by atoms with Gasteiger partial charge in [-0.3, -0.25) is 4.79 Å². The Morgan fingerprint density at radius 3 is 2.67 bits per heavy atom. The molecule has 0 fully saturated rings. The van der Waals surface area contributed by atoms with Gasteiger partial charge in [-0.25, -0.2) is 0 Å². The third kappa shape index (κ3) is 4.78. The summed E-state index contributed by atoms with van der Waals surface area (Å²) < 4.78 is 4.99. The molecule has 4 heteroatoms. The second-order valence-electron chi connectivity index (χ2n) is 5.41. The van der Waals surface area contributed by atoms with E-state index in [1.807, 2.05) is 6.92 Å². The van der Waals surface area contributed by atoms with E-state index in [4.69, 9.17) is 10.5 Å². The smallest absolute Gasteiger partial charge is 0.306 e. The Bertz CT molecular complexity index is 398. The molecule has 1 aromatic heterocycles. The lowest BCUT2D eigenvalue weighted by Gasteiger charge is -2.26. The molecule has 1 heterocycles. The fraction of sp³-hybridized carbons (Fsp3) is 0.643. The van der Waals surface area contributed by atoms with Crippen molar-refractivity contribution in [1.29, 1.82) is 0 Å². The topological polar surface area (TPSA) is 52.3 Å². The normalized spacial score (nSPS) is 13.4. The molecule has 0 amide bonds. The molecule has 2 N–H and O–H groups in total. The van der Waals surface area contributed by atoms with Crippen LogP contribution >= 0.6 is 11.3 Å². The standard InChI is InChI=1S/C14H23NO2S/c1-5-17-13(16)9-14(3,4)8-11(15)12-7-6-10(2)18-12/h6-7,11H,5,8-9,15H2,1-4H3. The zero-order valence-electron chi connectivity index (χ0n) is 11.7. The third-order valence-electron chi connectivity index (χ3n) is 2.83. The molecule has 0 bridgehead atoms. The van der Waals surface area contributed by atoms with Crippen LogP contribution in [0, 0.1) is 12.3 Å². The van der Waals surface area contributed by atoms with Gasteiger partial charge >= 0.3 is 5.97 Å². The molecule has 0 saturated heterocycles. The first-order valence-electron chi connectivity index (χ1n) is 6.31. The molecule has 0 aliphatic rings.